The minimum absolute atomic E-state index is 0.402. The normalized spacial score (nSPS) is 12.8. The Hall–Kier alpha value is -2.33. The fraction of sp³-hybridized carbons (Fsp3) is 0.278. The highest BCUT2D eigenvalue weighted by Gasteiger charge is 2.05. The number of ether oxygens (including phenoxy) is 1. The van der Waals surface area contributed by atoms with Gasteiger partial charge in [0.25, 0.3) is 0 Å². The van der Waals surface area contributed by atoms with E-state index in [9.17, 15) is 5.21 Å². The largest absolute Gasteiger partial charge is 0.497 e. The molecule has 1 atom stereocenters. The molecule has 0 fully saturated rings. The average molecular weight is 298 g/mol. The second-order valence-electron chi connectivity index (χ2n) is 5.20. The zero-order chi connectivity index (χ0) is 15.9. The summed E-state index contributed by atoms with van der Waals surface area (Å²) >= 11 is 0. The van der Waals surface area contributed by atoms with E-state index in [1.807, 2.05) is 36.4 Å². The summed E-state index contributed by atoms with van der Waals surface area (Å²) in [6.07, 6.45) is 1.11. The molecule has 22 heavy (non-hydrogen) atoms. The van der Waals surface area contributed by atoms with Crippen LogP contribution in [0.3, 0.4) is 0 Å². The molecule has 0 bridgehead atoms. The smallest absolute Gasteiger partial charge is 0.157 e. The van der Waals surface area contributed by atoms with E-state index in [1.54, 1.807) is 7.11 Å². The van der Waals surface area contributed by atoms with Gasteiger partial charge in [-0.2, -0.15) is 0 Å². The summed E-state index contributed by atoms with van der Waals surface area (Å²) in [6.45, 7) is 4.38. The molecule has 0 spiro atoms. The molecule has 0 aromatic heterocycles. The van der Waals surface area contributed by atoms with Gasteiger partial charge in [-0.3, -0.25) is 10.7 Å². The minimum atomic E-state index is 0.402. The molecular weight excluding hydrogens is 276 g/mol. The first-order valence-electron chi connectivity index (χ1n) is 7.41. The molecule has 0 heterocycles. The van der Waals surface area contributed by atoms with E-state index in [0.717, 1.165) is 23.4 Å². The predicted molar refractivity (Wildman–Crippen MR) is 89.3 cm³/mol. The van der Waals surface area contributed by atoms with Crippen molar-refractivity contribution in [1.82, 2.24) is 5.48 Å². The molecule has 0 unspecified atom stereocenters. The van der Waals surface area contributed by atoms with Gasteiger partial charge in [-0.1, -0.05) is 26.0 Å². The number of rotatable bonds is 5. The molecule has 4 heteroatoms. The minimum Gasteiger partial charge on any atom is -0.497 e. The molecule has 0 aliphatic carbocycles. The van der Waals surface area contributed by atoms with Crippen LogP contribution in [0.5, 0.6) is 5.75 Å². The van der Waals surface area contributed by atoms with Crippen LogP contribution in [-0.4, -0.2) is 18.2 Å². The zero-order valence-electron chi connectivity index (χ0n) is 13.2. The van der Waals surface area contributed by atoms with E-state index >= 15 is 0 Å². The van der Waals surface area contributed by atoms with Gasteiger partial charge < -0.3 is 4.74 Å². The van der Waals surface area contributed by atoms with Crippen LogP contribution in [0, 0.1) is 0 Å². The van der Waals surface area contributed by atoms with Crippen LogP contribution in [0.1, 0.15) is 37.3 Å². The lowest BCUT2D eigenvalue weighted by molar-refractivity contribution is 0.235. The lowest BCUT2D eigenvalue weighted by Gasteiger charge is -2.09. The Balaban J connectivity index is 2.23. The number of benzene rings is 2. The maximum atomic E-state index is 9.34. The monoisotopic (exact) mass is 298 g/mol. The van der Waals surface area contributed by atoms with Gasteiger partial charge in [0.05, 0.1) is 12.8 Å². The van der Waals surface area contributed by atoms with Crippen molar-refractivity contribution < 1.29 is 9.94 Å². The van der Waals surface area contributed by atoms with Gasteiger partial charge >= 0.3 is 0 Å². The topological polar surface area (TPSA) is 53.9 Å². The van der Waals surface area contributed by atoms with Gasteiger partial charge in [-0.05, 0) is 54.3 Å². The number of hydroxylamine groups is 1. The molecule has 0 aliphatic rings. The first-order valence-corrected chi connectivity index (χ1v) is 7.41. The van der Waals surface area contributed by atoms with Crippen LogP contribution in [0.15, 0.2) is 53.5 Å². The van der Waals surface area contributed by atoms with Gasteiger partial charge in [0.2, 0.25) is 0 Å². The molecule has 4 nitrogen and oxygen atoms in total. The highest BCUT2D eigenvalue weighted by Crippen LogP contribution is 2.22. The second kappa shape index (κ2) is 7.61. The summed E-state index contributed by atoms with van der Waals surface area (Å²) in [5, 5.41) is 9.34. The van der Waals surface area contributed by atoms with Gasteiger partial charge in [-0.15, -0.1) is 0 Å². The quantitative estimate of drug-likeness (QED) is 0.492. The molecule has 0 saturated carbocycles. The van der Waals surface area contributed by atoms with Crippen molar-refractivity contribution in [2.45, 2.75) is 26.2 Å². The molecule has 2 N–H and O–H groups in total. The number of nitrogens with zero attached hydrogens (tertiary/aromatic N) is 1. The van der Waals surface area contributed by atoms with E-state index in [0.29, 0.717) is 11.8 Å². The van der Waals surface area contributed by atoms with E-state index in [1.165, 1.54) is 5.56 Å². The molecule has 2 rings (SSSR count). The van der Waals surface area contributed by atoms with Crippen molar-refractivity contribution >= 4 is 11.5 Å². The first-order chi connectivity index (χ1) is 10.7. The summed E-state index contributed by atoms with van der Waals surface area (Å²) in [6, 6.07) is 15.4. The third-order valence-electron chi connectivity index (χ3n) is 3.78. The van der Waals surface area contributed by atoms with Crippen molar-refractivity contribution in [2.75, 3.05) is 7.11 Å². The maximum absolute atomic E-state index is 9.34. The first kappa shape index (κ1) is 16.0. The van der Waals surface area contributed by atoms with Crippen LogP contribution in [0.4, 0.5) is 5.69 Å². The van der Waals surface area contributed by atoms with E-state index in [2.05, 4.69) is 36.5 Å². The van der Waals surface area contributed by atoms with Crippen molar-refractivity contribution in [3.8, 4) is 5.75 Å². The number of nitrogens with one attached hydrogen (secondary N) is 1. The number of hydrogen-bond donors (Lipinski definition) is 2. The van der Waals surface area contributed by atoms with Gasteiger partial charge in [0.15, 0.2) is 5.84 Å². The lowest BCUT2D eigenvalue weighted by Crippen LogP contribution is -2.19. The fourth-order valence-electron chi connectivity index (χ4n) is 2.15. The van der Waals surface area contributed by atoms with E-state index in [4.69, 9.17) is 4.74 Å². The lowest BCUT2D eigenvalue weighted by atomic mass is 9.99. The van der Waals surface area contributed by atoms with E-state index < -0.39 is 0 Å². The summed E-state index contributed by atoms with van der Waals surface area (Å²) in [5.74, 6) is 1.70. The number of hydrogen-bond acceptors (Lipinski definition) is 3. The Morgan fingerprint density at radius 1 is 1.14 bits per heavy atom. The van der Waals surface area contributed by atoms with E-state index in [-0.39, 0.29) is 0 Å². The van der Waals surface area contributed by atoms with Crippen molar-refractivity contribution in [3.63, 3.8) is 0 Å². The molecule has 2 aromatic carbocycles. The second-order valence-corrected chi connectivity index (χ2v) is 5.20. The van der Waals surface area contributed by atoms with Crippen LogP contribution >= 0.6 is 0 Å². The van der Waals surface area contributed by atoms with Gasteiger partial charge in [0.1, 0.15) is 5.75 Å². The molecular formula is C18H22N2O2. The molecule has 0 radical (unpaired) electrons. The number of aliphatic imine (C=N–C) groups is 1. The molecule has 2 aromatic rings. The standard InChI is InChI=1S/C18H22N2O2/c1-4-13(2)14-5-9-16(10-6-14)19-18(20-21)15-7-11-17(22-3)12-8-15/h5-13,21H,4H2,1-3H3,(H,19,20)/t13-/m0/s1. The summed E-state index contributed by atoms with van der Waals surface area (Å²) in [4.78, 5) is 4.44. The Labute approximate surface area is 131 Å². The predicted octanol–water partition coefficient (Wildman–Crippen LogP) is 4.27. The summed E-state index contributed by atoms with van der Waals surface area (Å²) in [5.41, 5.74) is 5.04. The number of amidine groups is 1. The highest BCUT2D eigenvalue weighted by molar-refractivity contribution is 5.99. The Kier molecular flexibility index (Phi) is 5.55. The van der Waals surface area contributed by atoms with Crippen LogP contribution in [-0.2, 0) is 0 Å². The fourth-order valence-corrected chi connectivity index (χ4v) is 2.15. The third kappa shape index (κ3) is 3.86. The third-order valence-corrected chi connectivity index (χ3v) is 3.78. The molecule has 116 valence electrons. The molecule has 0 saturated heterocycles. The van der Waals surface area contributed by atoms with Crippen molar-refractivity contribution in [1.29, 1.82) is 0 Å². The van der Waals surface area contributed by atoms with Crippen LogP contribution in [0.2, 0.25) is 0 Å². The maximum Gasteiger partial charge on any atom is 0.157 e. The van der Waals surface area contributed by atoms with Gasteiger partial charge in [-0.25, -0.2) is 4.99 Å². The Bertz CT molecular complexity index is 619. The Morgan fingerprint density at radius 3 is 2.27 bits per heavy atom. The summed E-state index contributed by atoms with van der Waals surface area (Å²) in [7, 11) is 1.62. The highest BCUT2D eigenvalue weighted by atomic mass is 16.5. The molecule has 0 amide bonds. The van der Waals surface area contributed by atoms with Gasteiger partial charge in [0, 0.05) is 5.56 Å². The number of methoxy groups -OCH3 is 1. The average Bonchev–Trinajstić information content (AvgIpc) is 2.59. The van der Waals surface area contributed by atoms with Crippen LogP contribution < -0.4 is 10.2 Å². The zero-order valence-corrected chi connectivity index (χ0v) is 13.2. The van der Waals surface area contributed by atoms with Crippen molar-refractivity contribution in [2.24, 2.45) is 4.99 Å². The van der Waals surface area contributed by atoms with Crippen LogP contribution in [0.25, 0.3) is 0 Å². The SMILES string of the molecule is CC[C@H](C)c1ccc(N=C(NO)c2ccc(OC)cc2)cc1. The molecule has 0 aliphatic heterocycles. The summed E-state index contributed by atoms with van der Waals surface area (Å²) < 4.78 is 5.12. The van der Waals surface area contributed by atoms with Crippen molar-refractivity contribution in [3.05, 3.63) is 59.7 Å². The Morgan fingerprint density at radius 2 is 1.77 bits per heavy atom.